The maximum absolute atomic E-state index is 13.4. The third-order valence-electron chi connectivity index (χ3n) is 6.47. The van der Waals surface area contributed by atoms with Crippen molar-refractivity contribution in [2.75, 3.05) is 29.9 Å². The van der Waals surface area contributed by atoms with E-state index in [-0.39, 0.29) is 11.6 Å². The molecule has 2 aromatic heterocycles. The predicted octanol–water partition coefficient (Wildman–Crippen LogP) is 3.54. The van der Waals surface area contributed by atoms with Crippen molar-refractivity contribution in [3.8, 4) is 0 Å². The highest BCUT2D eigenvalue weighted by Crippen LogP contribution is 2.37. The van der Waals surface area contributed by atoms with Gasteiger partial charge in [-0.15, -0.1) is 0 Å². The number of hydrogen-bond donors (Lipinski definition) is 3. The van der Waals surface area contributed by atoms with Crippen LogP contribution in [0.4, 0.5) is 11.4 Å². The topological polar surface area (TPSA) is 92.4 Å². The molecule has 4 heterocycles. The van der Waals surface area contributed by atoms with Crippen LogP contribution in [0.3, 0.4) is 0 Å². The molecule has 0 fully saturated rings. The van der Waals surface area contributed by atoms with Gasteiger partial charge in [0.05, 0.1) is 0 Å². The van der Waals surface area contributed by atoms with Crippen LogP contribution in [-0.2, 0) is 12.8 Å². The Balaban J connectivity index is 1.41. The average Bonchev–Trinajstić information content (AvgIpc) is 3.49. The Morgan fingerprint density at radius 1 is 0.867 bits per heavy atom. The molecule has 0 saturated heterocycles. The lowest BCUT2D eigenvalue weighted by Crippen LogP contribution is -2.29. The molecule has 0 atom stereocenters. The molecule has 0 aliphatic carbocycles. The highest BCUT2D eigenvalue weighted by molar-refractivity contribution is 6.11. The molecule has 150 valence electrons. The summed E-state index contributed by atoms with van der Waals surface area (Å²) in [6.45, 7) is 1.57. The first-order valence-corrected chi connectivity index (χ1v) is 10.1. The second-order valence-corrected chi connectivity index (χ2v) is 8.10. The van der Waals surface area contributed by atoms with E-state index >= 15 is 0 Å². The standard InChI is InChI=1S/C23H20N4O3/c1-26-8-6-12-14-10-18(24-16(14)2-4-20(12)26)22(28)27-9-7-13-15-11-19(23(29)30)25-17(15)3-5-21(13)27/h2-5,10-11,24-25H,6-9H2,1H3,(H,29,30). The number of carbonyl (C=O) groups is 2. The Hall–Kier alpha value is -3.74. The number of hydrogen-bond acceptors (Lipinski definition) is 3. The first-order chi connectivity index (χ1) is 14.5. The Bertz CT molecular complexity index is 1380. The van der Waals surface area contributed by atoms with Gasteiger partial charge in [-0.1, -0.05) is 0 Å². The van der Waals surface area contributed by atoms with Crippen molar-refractivity contribution in [2.45, 2.75) is 12.8 Å². The van der Waals surface area contributed by atoms with Crippen LogP contribution >= 0.6 is 0 Å². The number of nitrogens with one attached hydrogen (secondary N) is 2. The van der Waals surface area contributed by atoms with Crippen molar-refractivity contribution in [1.82, 2.24) is 9.97 Å². The molecular weight excluding hydrogens is 380 g/mol. The van der Waals surface area contributed by atoms with E-state index in [0.29, 0.717) is 18.7 Å². The number of likely N-dealkylation sites (N-methyl/N-ethyl adjacent to an activating group) is 1. The molecule has 2 aromatic carbocycles. The minimum Gasteiger partial charge on any atom is -0.477 e. The van der Waals surface area contributed by atoms with Crippen LogP contribution in [-0.4, -0.2) is 47.1 Å². The van der Waals surface area contributed by atoms with Crippen molar-refractivity contribution in [3.63, 3.8) is 0 Å². The van der Waals surface area contributed by atoms with E-state index in [9.17, 15) is 14.7 Å². The first-order valence-electron chi connectivity index (χ1n) is 10.1. The molecule has 0 unspecified atom stereocenters. The van der Waals surface area contributed by atoms with Crippen molar-refractivity contribution in [3.05, 3.63) is 58.9 Å². The van der Waals surface area contributed by atoms with Crippen LogP contribution in [0.5, 0.6) is 0 Å². The van der Waals surface area contributed by atoms with E-state index in [0.717, 1.165) is 46.0 Å². The van der Waals surface area contributed by atoms with Gasteiger partial charge >= 0.3 is 5.97 Å². The van der Waals surface area contributed by atoms with E-state index in [1.54, 1.807) is 11.0 Å². The van der Waals surface area contributed by atoms with Crippen LogP contribution in [0.25, 0.3) is 21.8 Å². The molecule has 7 heteroatoms. The van der Waals surface area contributed by atoms with E-state index in [1.165, 1.54) is 11.3 Å². The highest BCUT2D eigenvalue weighted by atomic mass is 16.4. The number of carboxylic acids is 1. The predicted molar refractivity (Wildman–Crippen MR) is 116 cm³/mol. The van der Waals surface area contributed by atoms with Gasteiger partial charge in [0, 0.05) is 53.3 Å². The van der Waals surface area contributed by atoms with Gasteiger partial charge < -0.3 is 24.9 Å². The molecule has 0 bridgehead atoms. The summed E-state index contributed by atoms with van der Waals surface area (Å²) in [5, 5.41) is 11.3. The van der Waals surface area contributed by atoms with Gasteiger partial charge in [0.15, 0.2) is 0 Å². The number of anilines is 2. The number of nitrogens with zero attached hydrogens (tertiary/aromatic N) is 2. The largest absolute Gasteiger partial charge is 0.477 e. The fourth-order valence-electron chi connectivity index (χ4n) is 4.97. The molecule has 2 aliphatic rings. The van der Waals surface area contributed by atoms with Gasteiger partial charge in [-0.25, -0.2) is 4.79 Å². The minimum atomic E-state index is -0.984. The number of carbonyl (C=O) groups excluding carboxylic acids is 1. The van der Waals surface area contributed by atoms with Gasteiger partial charge in [0.25, 0.3) is 5.91 Å². The summed E-state index contributed by atoms with van der Waals surface area (Å²) < 4.78 is 0. The van der Waals surface area contributed by atoms with E-state index < -0.39 is 5.97 Å². The fourth-order valence-corrected chi connectivity index (χ4v) is 4.97. The maximum atomic E-state index is 13.4. The lowest BCUT2D eigenvalue weighted by atomic mass is 10.1. The normalized spacial score (nSPS) is 15.2. The van der Waals surface area contributed by atoms with E-state index in [1.807, 2.05) is 24.3 Å². The Morgan fingerprint density at radius 2 is 1.47 bits per heavy atom. The van der Waals surface area contributed by atoms with Crippen molar-refractivity contribution < 1.29 is 14.7 Å². The number of aromatic carboxylic acids is 1. The van der Waals surface area contributed by atoms with Crippen LogP contribution in [0, 0.1) is 0 Å². The number of rotatable bonds is 2. The zero-order valence-corrected chi connectivity index (χ0v) is 16.5. The molecule has 0 saturated carbocycles. The average molecular weight is 400 g/mol. The third kappa shape index (κ3) is 2.26. The summed E-state index contributed by atoms with van der Waals surface area (Å²) in [7, 11) is 2.09. The SMILES string of the molecule is CN1CCc2c1ccc1[nH]c(C(=O)N3CCc4c3ccc3[nH]c(C(=O)O)cc43)cc21. The number of fused-ring (bicyclic) bond motifs is 6. The number of amides is 1. The number of aromatic amines is 2. The third-order valence-corrected chi connectivity index (χ3v) is 6.47. The summed E-state index contributed by atoms with van der Waals surface area (Å²) in [5.41, 5.74) is 6.91. The van der Waals surface area contributed by atoms with Crippen molar-refractivity contribution in [1.29, 1.82) is 0 Å². The summed E-state index contributed by atoms with van der Waals surface area (Å²) >= 11 is 0. The maximum Gasteiger partial charge on any atom is 0.352 e. The number of carboxylic acid groups (broad SMARTS) is 1. The molecule has 0 radical (unpaired) electrons. The molecule has 6 rings (SSSR count). The van der Waals surface area contributed by atoms with Gasteiger partial charge in [-0.05, 0) is 60.4 Å². The second-order valence-electron chi connectivity index (χ2n) is 8.10. The Morgan fingerprint density at radius 3 is 2.20 bits per heavy atom. The van der Waals surface area contributed by atoms with Crippen molar-refractivity contribution in [2.24, 2.45) is 0 Å². The zero-order valence-electron chi connectivity index (χ0n) is 16.5. The lowest BCUT2D eigenvalue weighted by molar-refractivity contribution is 0.0691. The molecule has 30 heavy (non-hydrogen) atoms. The van der Waals surface area contributed by atoms with E-state index in [4.69, 9.17) is 0 Å². The molecule has 1 amide bonds. The summed E-state index contributed by atoms with van der Waals surface area (Å²) in [5.74, 6) is -1.04. The summed E-state index contributed by atoms with van der Waals surface area (Å²) in [6.07, 6.45) is 1.69. The Labute approximate surface area is 171 Å². The summed E-state index contributed by atoms with van der Waals surface area (Å²) in [6, 6.07) is 11.5. The second kappa shape index (κ2) is 5.89. The molecule has 0 spiro atoms. The zero-order chi connectivity index (χ0) is 20.6. The van der Waals surface area contributed by atoms with Gasteiger partial charge in [-0.2, -0.15) is 0 Å². The lowest BCUT2D eigenvalue weighted by Gasteiger charge is -2.16. The number of aromatic nitrogens is 2. The van der Waals surface area contributed by atoms with Crippen LogP contribution in [0.15, 0.2) is 36.4 Å². The van der Waals surface area contributed by atoms with Crippen LogP contribution in [0.1, 0.15) is 32.1 Å². The quantitative estimate of drug-likeness (QED) is 0.480. The Kier molecular flexibility index (Phi) is 3.36. The van der Waals surface area contributed by atoms with Crippen LogP contribution in [0.2, 0.25) is 0 Å². The molecule has 7 nitrogen and oxygen atoms in total. The van der Waals surface area contributed by atoms with Crippen molar-refractivity contribution >= 4 is 45.1 Å². The van der Waals surface area contributed by atoms with Gasteiger partial charge in [0.1, 0.15) is 11.4 Å². The summed E-state index contributed by atoms with van der Waals surface area (Å²) in [4.78, 5) is 35.0. The highest BCUT2D eigenvalue weighted by Gasteiger charge is 2.29. The monoisotopic (exact) mass is 400 g/mol. The fraction of sp³-hybridized carbons (Fsp3) is 0.217. The molecule has 2 aliphatic heterocycles. The van der Waals surface area contributed by atoms with Gasteiger partial charge in [-0.3, -0.25) is 4.79 Å². The first kappa shape index (κ1) is 17.1. The molecule has 4 aromatic rings. The number of H-pyrrole nitrogens is 2. The van der Waals surface area contributed by atoms with Crippen LogP contribution < -0.4 is 9.80 Å². The molecule has 3 N–H and O–H groups in total. The molecular formula is C23H20N4O3. The minimum absolute atomic E-state index is 0.0570. The number of benzene rings is 2. The smallest absolute Gasteiger partial charge is 0.352 e. The van der Waals surface area contributed by atoms with E-state index in [2.05, 4.69) is 28.0 Å². The van der Waals surface area contributed by atoms with Gasteiger partial charge in [0.2, 0.25) is 0 Å².